The first kappa shape index (κ1) is 16.9. The maximum atomic E-state index is 12.6. The second-order valence-electron chi connectivity index (χ2n) is 6.18. The Hall–Kier alpha value is -1.46. The van der Waals surface area contributed by atoms with Gasteiger partial charge in [-0.25, -0.2) is 0 Å². The highest BCUT2D eigenvalue weighted by Gasteiger charge is 2.29. The van der Waals surface area contributed by atoms with Crippen molar-refractivity contribution in [1.29, 1.82) is 0 Å². The average molecular weight is 304 g/mol. The molecule has 5 heteroatoms. The van der Waals surface area contributed by atoms with Crippen molar-refractivity contribution >= 4 is 5.91 Å². The molecular weight excluding hydrogens is 276 g/mol. The molecule has 1 aliphatic heterocycles. The van der Waals surface area contributed by atoms with Gasteiger partial charge >= 0.3 is 0 Å². The van der Waals surface area contributed by atoms with Gasteiger partial charge in [0.2, 0.25) is 5.91 Å². The molecular formula is C17H28N4O. The predicted octanol–water partition coefficient (Wildman–Crippen LogP) is 1.63. The molecule has 2 rings (SSSR count). The smallest absolute Gasteiger partial charge is 0.239 e. The molecule has 1 aliphatic rings. The van der Waals surface area contributed by atoms with E-state index >= 15 is 0 Å². The quantitative estimate of drug-likeness (QED) is 0.829. The summed E-state index contributed by atoms with van der Waals surface area (Å²) < 4.78 is 0. The molecule has 1 saturated heterocycles. The molecule has 1 amide bonds. The molecule has 122 valence electrons. The number of nitrogens with zero attached hydrogens (tertiary/aromatic N) is 4. The van der Waals surface area contributed by atoms with Crippen LogP contribution in [0.2, 0.25) is 0 Å². The van der Waals surface area contributed by atoms with Crippen LogP contribution in [0, 0.1) is 0 Å². The lowest BCUT2D eigenvalue weighted by Gasteiger charge is -2.39. The Bertz CT molecular complexity index is 469. The molecule has 1 aromatic rings. The van der Waals surface area contributed by atoms with E-state index < -0.39 is 0 Å². The summed E-state index contributed by atoms with van der Waals surface area (Å²) in [5.74, 6) is 0.262. The van der Waals surface area contributed by atoms with Gasteiger partial charge in [-0.1, -0.05) is 13.0 Å². The van der Waals surface area contributed by atoms with E-state index in [9.17, 15) is 4.79 Å². The fourth-order valence-corrected chi connectivity index (χ4v) is 3.11. The van der Waals surface area contributed by atoms with E-state index in [1.54, 1.807) is 0 Å². The van der Waals surface area contributed by atoms with E-state index in [0.717, 1.165) is 38.3 Å². The molecule has 2 atom stereocenters. The molecule has 2 heterocycles. The molecule has 0 bridgehead atoms. The highest BCUT2D eigenvalue weighted by Crippen LogP contribution is 2.20. The first-order chi connectivity index (χ1) is 10.5. The Balaban J connectivity index is 1.91. The Labute approximate surface area is 133 Å². The number of rotatable bonds is 5. The summed E-state index contributed by atoms with van der Waals surface area (Å²) in [7, 11) is 3.96. The van der Waals surface area contributed by atoms with Crippen LogP contribution in [0.1, 0.15) is 32.0 Å². The summed E-state index contributed by atoms with van der Waals surface area (Å²) in [5, 5.41) is 0. The zero-order valence-corrected chi connectivity index (χ0v) is 14.2. The van der Waals surface area contributed by atoms with Crippen LogP contribution in [-0.2, 0) is 4.79 Å². The van der Waals surface area contributed by atoms with Crippen molar-refractivity contribution in [2.24, 2.45) is 0 Å². The topological polar surface area (TPSA) is 39.7 Å². The van der Waals surface area contributed by atoms with Crippen LogP contribution in [0.3, 0.4) is 0 Å². The molecule has 0 aromatic carbocycles. The van der Waals surface area contributed by atoms with Crippen LogP contribution >= 0.6 is 0 Å². The fraction of sp³-hybridized carbons (Fsp3) is 0.647. The molecule has 0 unspecified atom stereocenters. The maximum absolute atomic E-state index is 12.6. The van der Waals surface area contributed by atoms with Crippen LogP contribution in [0.5, 0.6) is 0 Å². The van der Waals surface area contributed by atoms with Crippen LogP contribution in [0.15, 0.2) is 24.4 Å². The van der Waals surface area contributed by atoms with Gasteiger partial charge in [-0.15, -0.1) is 0 Å². The largest absolute Gasteiger partial charge is 0.339 e. The SMILES string of the molecule is CC[C@H](C(=O)N1CCN([C@@H](C)c2ccccn2)CC1)N(C)C. The minimum atomic E-state index is -0.000219. The molecule has 0 spiro atoms. The second kappa shape index (κ2) is 7.70. The number of hydrogen-bond donors (Lipinski definition) is 0. The van der Waals surface area contributed by atoms with Gasteiger partial charge < -0.3 is 4.90 Å². The van der Waals surface area contributed by atoms with Crippen molar-refractivity contribution in [3.63, 3.8) is 0 Å². The van der Waals surface area contributed by atoms with Crippen molar-refractivity contribution in [3.05, 3.63) is 30.1 Å². The maximum Gasteiger partial charge on any atom is 0.239 e. The first-order valence-corrected chi connectivity index (χ1v) is 8.14. The molecule has 5 nitrogen and oxygen atoms in total. The molecule has 22 heavy (non-hydrogen) atoms. The van der Waals surface area contributed by atoms with Crippen molar-refractivity contribution in [2.75, 3.05) is 40.3 Å². The number of hydrogen-bond acceptors (Lipinski definition) is 4. The Morgan fingerprint density at radius 3 is 2.45 bits per heavy atom. The second-order valence-corrected chi connectivity index (χ2v) is 6.18. The van der Waals surface area contributed by atoms with Crippen molar-refractivity contribution < 1.29 is 4.79 Å². The van der Waals surface area contributed by atoms with Gasteiger partial charge in [0.15, 0.2) is 0 Å². The monoisotopic (exact) mass is 304 g/mol. The van der Waals surface area contributed by atoms with Crippen molar-refractivity contribution in [3.8, 4) is 0 Å². The van der Waals surface area contributed by atoms with E-state index in [2.05, 4.69) is 29.8 Å². The third-order valence-corrected chi connectivity index (χ3v) is 4.58. The number of amides is 1. The lowest BCUT2D eigenvalue weighted by atomic mass is 10.1. The van der Waals surface area contributed by atoms with Gasteiger partial charge in [0.05, 0.1) is 11.7 Å². The van der Waals surface area contributed by atoms with Gasteiger partial charge in [0.25, 0.3) is 0 Å². The summed E-state index contributed by atoms with van der Waals surface area (Å²) in [6, 6.07) is 6.34. The zero-order valence-electron chi connectivity index (χ0n) is 14.2. The number of likely N-dealkylation sites (N-methyl/N-ethyl adjacent to an activating group) is 1. The van der Waals surface area contributed by atoms with E-state index in [0.29, 0.717) is 6.04 Å². The molecule has 0 N–H and O–H groups in total. The van der Waals surface area contributed by atoms with Crippen LogP contribution < -0.4 is 0 Å². The number of carbonyl (C=O) groups excluding carboxylic acids is 1. The number of carbonyl (C=O) groups is 1. The van der Waals surface area contributed by atoms with E-state index in [1.807, 2.05) is 42.2 Å². The molecule has 1 aromatic heterocycles. The predicted molar refractivity (Wildman–Crippen MR) is 88.6 cm³/mol. The lowest BCUT2D eigenvalue weighted by Crippen LogP contribution is -2.54. The standard InChI is InChI=1S/C17H28N4O/c1-5-16(19(3)4)17(22)21-12-10-20(11-13-21)14(2)15-8-6-7-9-18-15/h6-9,14,16H,5,10-13H2,1-4H3/t14-,16+/m0/s1. The van der Waals surface area contributed by atoms with Gasteiger partial charge in [-0.2, -0.15) is 0 Å². The number of aromatic nitrogens is 1. The minimum Gasteiger partial charge on any atom is -0.339 e. The Morgan fingerprint density at radius 1 is 1.27 bits per heavy atom. The first-order valence-electron chi connectivity index (χ1n) is 8.14. The molecule has 0 radical (unpaired) electrons. The molecule has 0 aliphatic carbocycles. The molecule has 0 saturated carbocycles. The van der Waals surface area contributed by atoms with Gasteiger partial charge in [-0.05, 0) is 39.6 Å². The normalized spacial score (nSPS) is 19.2. The Morgan fingerprint density at radius 2 is 1.95 bits per heavy atom. The van der Waals surface area contributed by atoms with Crippen molar-refractivity contribution in [1.82, 2.24) is 19.7 Å². The summed E-state index contributed by atoms with van der Waals surface area (Å²) in [4.78, 5) is 23.4. The van der Waals surface area contributed by atoms with E-state index in [1.165, 1.54) is 0 Å². The minimum absolute atomic E-state index is 0.000219. The number of pyridine rings is 1. The molecule has 1 fully saturated rings. The van der Waals surface area contributed by atoms with Crippen LogP contribution in [0.25, 0.3) is 0 Å². The summed E-state index contributed by atoms with van der Waals surface area (Å²) in [5.41, 5.74) is 1.10. The summed E-state index contributed by atoms with van der Waals surface area (Å²) in [6.45, 7) is 7.69. The zero-order chi connectivity index (χ0) is 16.1. The third kappa shape index (κ3) is 3.84. The van der Waals surface area contributed by atoms with Gasteiger partial charge in [0, 0.05) is 38.4 Å². The van der Waals surface area contributed by atoms with E-state index in [4.69, 9.17) is 0 Å². The van der Waals surface area contributed by atoms with Crippen LogP contribution in [0.4, 0.5) is 0 Å². The van der Waals surface area contributed by atoms with Crippen molar-refractivity contribution in [2.45, 2.75) is 32.4 Å². The fourth-order valence-electron chi connectivity index (χ4n) is 3.11. The Kier molecular flexibility index (Phi) is 5.91. The van der Waals surface area contributed by atoms with Gasteiger partial charge in [0.1, 0.15) is 0 Å². The number of piperazine rings is 1. The summed E-state index contributed by atoms with van der Waals surface area (Å²) >= 11 is 0. The lowest BCUT2D eigenvalue weighted by molar-refractivity contribution is -0.138. The van der Waals surface area contributed by atoms with Crippen LogP contribution in [-0.4, -0.2) is 71.9 Å². The summed E-state index contributed by atoms with van der Waals surface area (Å²) in [6.07, 6.45) is 2.70. The highest BCUT2D eigenvalue weighted by atomic mass is 16.2. The highest BCUT2D eigenvalue weighted by molar-refractivity contribution is 5.81. The van der Waals surface area contributed by atoms with Gasteiger partial charge in [-0.3, -0.25) is 19.6 Å². The van der Waals surface area contributed by atoms with E-state index in [-0.39, 0.29) is 11.9 Å². The average Bonchev–Trinajstić information content (AvgIpc) is 2.55. The third-order valence-electron chi connectivity index (χ3n) is 4.58.